The number of amides is 1. The first-order valence-electron chi connectivity index (χ1n) is 5.82. The summed E-state index contributed by atoms with van der Waals surface area (Å²) in [6.45, 7) is 1.40. The van der Waals surface area contributed by atoms with Gasteiger partial charge in [0, 0.05) is 18.7 Å². The minimum Gasteiger partial charge on any atom is -0.339 e. The molecule has 0 atom stereocenters. The molecule has 2 N–H and O–H groups in total. The van der Waals surface area contributed by atoms with Crippen molar-refractivity contribution in [3.63, 3.8) is 0 Å². The van der Waals surface area contributed by atoms with Crippen molar-refractivity contribution < 1.29 is 17.6 Å². The van der Waals surface area contributed by atoms with Crippen LogP contribution in [0.5, 0.6) is 0 Å². The highest BCUT2D eigenvalue weighted by atomic mass is 32.2. The summed E-state index contributed by atoms with van der Waals surface area (Å²) in [5.41, 5.74) is 0.219. The molecule has 5 nitrogen and oxygen atoms in total. The van der Waals surface area contributed by atoms with Crippen LogP contribution in [-0.4, -0.2) is 32.3 Å². The zero-order valence-electron chi connectivity index (χ0n) is 10.7. The molecule has 1 aliphatic carbocycles. The highest BCUT2D eigenvalue weighted by Crippen LogP contribution is 2.28. The van der Waals surface area contributed by atoms with E-state index in [-0.39, 0.29) is 23.1 Å². The van der Waals surface area contributed by atoms with Gasteiger partial charge in [-0.15, -0.1) is 0 Å². The van der Waals surface area contributed by atoms with Gasteiger partial charge in [-0.25, -0.2) is 17.9 Å². The average molecular weight is 286 g/mol. The topological polar surface area (TPSA) is 80.5 Å². The van der Waals surface area contributed by atoms with Crippen LogP contribution in [0, 0.1) is 12.7 Å². The Morgan fingerprint density at radius 3 is 2.47 bits per heavy atom. The molecular weight excluding hydrogens is 271 g/mol. The van der Waals surface area contributed by atoms with E-state index < -0.39 is 20.7 Å². The van der Waals surface area contributed by atoms with Crippen molar-refractivity contribution in [2.75, 3.05) is 7.05 Å². The van der Waals surface area contributed by atoms with Crippen molar-refractivity contribution in [1.82, 2.24) is 4.90 Å². The van der Waals surface area contributed by atoms with E-state index in [2.05, 4.69) is 0 Å². The Labute approximate surface area is 111 Å². The number of nitrogens with two attached hydrogens (primary N) is 1. The van der Waals surface area contributed by atoms with Crippen molar-refractivity contribution in [3.8, 4) is 0 Å². The van der Waals surface area contributed by atoms with Crippen LogP contribution in [0.1, 0.15) is 28.8 Å². The molecule has 104 valence electrons. The average Bonchev–Trinajstić information content (AvgIpc) is 3.13. The molecule has 0 saturated heterocycles. The van der Waals surface area contributed by atoms with Gasteiger partial charge in [0.25, 0.3) is 5.91 Å². The van der Waals surface area contributed by atoms with Crippen LogP contribution in [0.4, 0.5) is 4.39 Å². The molecule has 7 heteroatoms. The number of rotatable bonds is 3. The molecule has 1 aromatic carbocycles. The van der Waals surface area contributed by atoms with E-state index in [4.69, 9.17) is 5.14 Å². The summed E-state index contributed by atoms with van der Waals surface area (Å²) in [7, 11) is -2.54. The molecule has 0 aliphatic heterocycles. The van der Waals surface area contributed by atoms with Crippen molar-refractivity contribution in [2.24, 2.45) is 5.14 Å². The summed E-state index contributed by atoms with van der Waals surface area (Å²) in [5.74, 6) is -1.23. The third-order valence-electron chi connectivity index (χ3n) is 3.19. The number of hydrogen-bond donors (Lipinski definition) is 1. The summed E-state index contributed by atoms with van der Waals surface area (Å²) in [5, 5.41) is 4.95. The molecule has 0 heterocycles. The van der Waals surface area contributed by atoms with Gasteiger partial charge in [0.05, 0.1) is 0 Å². The lowest BCUT2D eigenvalue weighted by atomic mass is 10.1. The SMILES string of the molecule is Cc1cc(C(=O)N(C)C2CC2)cc(S(N)(=O)=O)c1F. The van der Waals surface area contributed by atoms with Crippen molar-refractivity contribution in [1.29, 1.82) is 0 Å². The molecule has 0 spiro atoms. The molecule has 1 aliphatic rings. The molecular formula is C12H15FN2O3S. The lowest BCUT2D eigenvalue weighted by Crippen LogP contribution is -2.29. The number of hydrogen-bond acceptors (Lipinski definition) is 3. The van der Waals surface area contributed by atoms with Crippen LogP contribution in [0.15, 0.2) is 17.0 Å². The van der Waals surface area contributed by atoms with Gasteiger partial charge in [-0.1, -0.05) is 0 Å². The van der Waals surface area contributed by atoms with Crippen molar-refractivity contribution >= 4 is 15.9 Å². The molecule has 0 bridgehead atoms. The number of nitrogens with zero attached hydrogens (tertiary/aromatic N) is 1. The Morgan fingerprint density at radius 1 is 1.42 bits per heavy atom. The summed E-state index contributed by atoms with van der Waals surface area (Å²) in [6, 6.07) is 2.53. The van der Waals surface area contributed by atoms with E-state index in [0.29, 0.717) is 0 Å². The Hall–Kier alpha value is -1.47. The second kappa shape index (κ2) is 4.57. The number of primary sulfonamides is 1. The molecule has 1 saturated carbocycles. The number of carbonyl (C=O) groups is 1. The first-order chi connectivity index (χ1) is 8.71. The molecule has 1 amide bonds. The van der Waals surface area contributed by atoms with Crippen LogP contribution in [-0.2, 0) is 10.0 Å². The van der Waals surface area contributed by atoms with E-state index >= 15 is 0 Å². The normalized spacial score (nSPS) is 15.4. The Balaban J connectivity index is 2.47. The second-order valence-electron chi connectivity index (χ2n) is 4.80. The Morgan fingerprint density at radius 2 is 2.00 bits per heavy atom. The van der Waals surface area contributed by atoms with Gasteiger partial charge in [-0.05, 0) is 37.5 Å². The van der Waals surface area contributed by atoms with Crippen molar-refractivity contribution in [2.45, 2.75) is 30.7 Å². The molecule has 19 heavy (non-hydrogen) atoms. The summed E-state index contributed by atoms with van der Waals surface area (Å²) < 4.78 is 36.3. The van der Waals surface area contributed by atoms with Crippen LogP contribution >= 0.6 is 0 Å². The number of sulfonamides is 1. The third-order valence-corrected chi connectivity index (χ3v) is 4.10. The maximum absolute atomic E-state index is 13.7. The molecule has 2 rings (SSSR count). The van der Waals surface area contributed by atoms with Gasteiger partial charge in [-0.2, -0.15) is 0 Å². The maximum Gasteiger partial charge on any atom is 0.253 e. The minimum absolute atomic E-state index is 0.0825. The van der Waals surface area contributed by atoms with Gasteiger partial charge < -0.3 is 4.90 Å². The van der Waals surface area contributed by atoms with Gasteiger partial charge >= 0.3 is 0 Å². The summed E-state index contributed by atoms with van der Waals surface area (Å²) in [4.78, 5) is 13.0. The zero-order chi connectivity index (χ0) is 14.4. The number of aryl methyl sites for hydroxylation is 1. The Bertz CT molecular complexity index is 639. The second-order valence-corrected chi connectivity index (χ2v) is 6.33. The number of benzene rings is 1. The smallest absolute Gasteiger partial charge is 0.253 e. The van der Waals surface area contributed by atoms with E-state index in [1.54, 1.807) is 11.9 Å². The lowest BCUT2D eigenvalue weighted by Gasteiger charge is -2.17. The number of carbonyl (C=O) groups excluding carboxylic acids is 1. The minimum atomic E-state index is -4.19. The van der Waals surface area contributed by atoms with Gasteiger partial charge in [-0.3, -0.25) is 4.79 Å². The predicted octanol–water partition coefficient (Wildman–Crippen LogP) is 1.02. The third kappa shape index (κ3) is 2.76. The van der Waals surface area contributed by atoms with E-state index in [9.17, 15) is 17.6 Å². The standard InChI is InChI=1S/C12H15FN2O3S/c1-7-5-8(12(16)15(2)9-3-4-9)6-10(11(7)13)19(14,17)18/h5-6,9H,3-4H2,1-2H3,(H2,14,17,18). The van der Waals surface area contributed by atoms with Gasteiger partial charge in [0.2, 0.25) is 10.0 Å². The number of halogens is 1. The summed E-state index contributed by atoms with van der Waals surface area (Å²) >= 11 is 0. The predicted molar refractivity (Wildman–Crippen MR) is 67.6 cm³/mol. The fourth-order valence-corrected chi connectivity index (χ4v) is 2.60. The largest absolute Gasteiger partial charge is 0.339 e. The van der Waals surface area contributed by atoms with Crippen molar-refractivity contribution in [3.05, 3.63) is 29.1 Å². The zero-order valence-corrected chi connectivity index (χ0v) is 11.5. The maximum atomic E-state index is 13.7. The van der Waals surface area contributed by atoms with Crippen LogP contribution in [0.25, 0.3) is 0 Å². The fraction of sp³-hybridized carbons (Fsp3) is 0.417. The molecule has 0 radical (unpaired) electrons. The van der Waals surface area contributed by atoms with E-state index in [0.717, 1.165) is 18.9 Å². The van der Waals surface area contributed by atoms with E-state index in [1.165, 1.54) is 13.0 Å². The first-order valence-corrected chi connectivity index (χ1v) is 7.36. The lowest BCUT2D eigenvalue weighted by molar-refractivity contribution is 0.0784. The van der Waals surface area contributed by atoms with Crippen LogP contribution in [0.3, 0.4) is 0 Å². The quantitative estimate of drug-likeness (QED) is 0.900. The molecule has 0 aromatic heterocycles. The van der Waals surface area contributed by atoms with Crippen LogP contribution in [0.2, 0.25) is 0 Å². The summed E-state index contributed by atoms with van der Waals surface area (Å²) in [6.07, 6.45) is 1.87. The molecule has 1 aromatic rings. The Kier molecular flexibility index (Phi) is 3.36. The highest BCUT2D eigenvalue weighted by Gasteiger charge is 2.31. The van der Waals surface area contributed by atoms with Crippen LogP contribution < -0.4 is 5.14 Å². The molecule has 1 fully saturated rings. The molecule has 0 unspecified atom stereocenters. The highest BCUT2D eigenvalue weighted by molar-refractivity contribution is 7.89. The first kappa shape index (κ1) is 14.0. The monoisotopic (exact) mass is 286 g/mol. The van der Waals surface area contributed by atoms with E-state index in [1.807, 2.05) is 0 Å². The fourth-order valence-electron chi connectivity index (χ4n) is 1.90. The van der Waals surface area contributed by atoms with Gasteiger partial charge in [0.15, 0.2) is 0 Å². The van der Waals surface area contributed by atoms with Gasteiger partial charge in [0.1, 0.15) is 10.7 Å².